The van der Waals surface area contributed by atoms with Crippen molar-refractivity contribution in [2.24, 2.45) is 10.2 Å². The standard InChI is InChI=1S/C23H18FN9/c24-17-11-6-10-16-18(32-33(20(16)17)13-15-9-4-5-12-27-15)23-28-21(25)19(22(26)29-23)31-30-14-7-2-1-3-8-14/h1-12H,13H2,(H4,25,26,28,29). The van der Waals surface area contributed by atoms with Crippen LogP contribution in [0.15, 0.2) is 83.2 Å². The zero-order valence-electron chi connectivity index (χ0n) is 17.3. The van der Waals surface area contributed by atoms with Crippen LogP contribution in [0.3, 0.4) is 0 Å². The molecule has 0 radical (unpaired) electrons. The Morgan fingerprint density at radius 3 is 2.33 bits per heavy atom. The van der Waals surface area contributed by atoms with Gasteiger partial charge in [0.05, 0.1) is 17.9 Å². The smallest absolute Gasteiger partial charge is 0.184 e. The number of hydrogen-bond donors (Lipinski definition) is 2. The van der Waals surface area contributed by atoms with Gasteiger partial charge in [0.2, 0.25) is 0 Å². The normalized spacial score (nSPS) is 11.4. The lowest BCUT2D eigenvalue weighted by molar-refractivity contribution is 0.614. The molecule has 9 nitrogen and oxygen atoms in total. The molecule has 0 saturated carbocycles. The summed E-state index contributed by atoms with van der Waals surface area (Å²) in [5.41, 5.74) is 14.4. The van der Waals surface area contributed by atoms with Crippen molar-refractivity contribution in [2.75, 3.05) is 11.5 Å². The summed E-state index contributed by atoms with van der Waals surface area (Å²) >= 11 is 0. The molecule has 4 N–H and O–H groups in total. The average molecular weight is 439 g/mol. The zero-order chi connectivity index (χ0) is 22.8. The van der Waals surface area contributed by atoms with Gasteiger partial charge in [-0.25, -0.2) is 14.4 Å². The Morgan fingerprint density at radius 1 is 0.848 bits per heavy atom. The summed E-state index contributed by atoms with van der Waals surface area (Å²) in [4.78, 5) is 13.0. The van der Waals surface area contributed by atoms with Crippen LogP contribution in [0, 0.1) is 5.82 Å². The number of fused-ring (bicyclic) bond motifs is 1. The summed E-state index contributed by atoms with van der Waals surface area (Å²) in [6.07, 6.45) is 1.67. The van der Waals surface area contributed by atoms with E-state index in [4.69, 9.17) is 11.5 Å². The number of nitrogen functional groups attached to an aromatic ring is 2. The first-order valence-corrected chi connectivity index (χ1v) is 10.1. The second-order valence-corrected chi connectivity index (χ2v) is 7.17. The lowest BCUT2D eigenvalue weighted by Gasteiger charge is -2.05. The van der Waals surface area contributed by atoms with Crippen molar-refractivity contribution in [3.63, 3.8) is 0 Å². The third-order valence-corrected chi connectivity index (χ3v) is 4.93. The van der Waals surface area contributed by atoms with Crippen LogP contribution in [0.1, 0.15) is 5.69 Å². The van der Waals surface area contributed by atoms with E-state index in [0.29, 0.717) is 22.3 Å². The fourth-order valence-electron chi connectivity index (χ4n) is 3.42. The molecule has 0 bridgehead atoms. The van der Waals surface area contributed by atoms with Crippen molar-refractivity contribution in [1.29, 1.82) is 0 Å². The van der Waals surface area contributed by atoms with Crippen LogP contribution in [-0.2, 0) is 6.54 Å². The summed E-state index contributed by atoms with van der Waals surface area (Å²) in [5.74, 6) is -0.169. The maximum Gasteiger partial charge on any atom is 0.184 e. The lowest BCUT2D eigenvalue weighted by atomic mass is 10.2. The number of anilines is 2. The minimum absolute atomic E-state index is 0.0426. The molecule has 0 spiro atoms. The molecule has 33 heavy (non-hydrogen) atoms. The molecule has 0 amide bonds. The molecule has 10 heteroatoms. The fraction of sp³-hybridized carbons (Fsp3) is 0.0435. The van der Waals surface area contributed by atoms with E-state index in [1.165, 1.54) is 10.7 Å². The van der Waals surface area contributed by atoms with E-state index >= 15 is 0 Å². The highest BCUT2D eigenvalue weighted by Gasteiger charge is 2.20. The van der Waals surface area contributed by atoms with Crippen LogP contribution in [0.2, 0.25) is 0 Å². The van der Waals surface area contributed by atoms with E-state index in [9.17, 15) is 4.39 Å². The molecule has 0 aliphatic carbocycles. The molecule has 3 aromatic heterocycles. The molecule has 5 aromatic rings. The van der Waals surface area contributed by atoms with Crippen molar-refractivity contribution in [3.05, 3.63) is 84.4 Å². The predicted octanol–water partition coefficient (Wildman–Crippen LogP) is 4.66. The minimum atomic E-state index is -0.420. The predicted molar refractivity (Wildman–Crippen MR) is 123 cm³/mol. The number of para-hydroxylation sites is 1. The zero-order valence-corrected chi connectivity index (χ0v) is 17.3. The third kappa shape index (κ3) is 3.97. The summed E-state index contributed by atoms with van der Waals surface area (Å²) in [7, 11) is 0. The van der Waals surface area contributed by atoms with Crippen LogP contribution < -0.4 is 11.5 Å². The quantitative estimate of drug-likeness (QED) is 0.383. The molecule has 3 heterocycles. The summed E-state index contributed by atoms with van der Waals surface area (Å²) < 4.78 is 16.3. The monoisotopic (exact) mass is 439 g/mol. The van der Waals surface area contributed by atoms with Crippen molar-refractivity contribution >= 4 is 33.9 Å². The maximum absolute atomic E-state index is 14.8. The highest BCUT2D eigenvalue weighted by atomic mass is 19.1. The number of pyridine rings is 1. The van der Waals surface area contributed by atoms with Crippen LogP contribution in [-0.4, -0.2) is 24.7 Å². The van der Waals surface area contributed by atoms with Gasteiger partial charge in [-0.15, -0.1) is 5.11 Å². The van der Waals surface area contributed by atoms with Gasteiger partial charge in [0, 0.05) is 11.6 Å². The SMILES string of the molecule is Nc1nc(-c2nn(Cc3ccccn3)c3c(F)cccc23)nc(N)c1N=Nc1ccccc1. The largest absolute Gasteiger partial charge is 0.382 e. The molecular formula is C23H18FN9. The number of hydrogen-bond acceptors (Lipinski definition) is 8. The fourth-order valence-corrected chi connectivity index (χ4v) is 3.42. The third-order valence-electron chi connectivity index (χ3n) is 4.93. The van der Waals surface area contributed by atoms with Gasteiger partial charge in [-0.1, -0.05) is 36.4 Å². The van der Waals surface area contributed by atoms with E-state index in [-0.39, 0.29) is 29.7 Å². The van der Waals surface area contributed by atoms with E-state index in [1.54, 1.807) is 30.5 Å². The first kappa shape index (κ1) is 20.2. The number of nitrogens with two attached hydrogens (primary N) is 2. The first-order chi connectivity index (χ1) is 16.1. The number of aromatic nitrogens is 5. The topological polar surface area (TPSA) is 133 Å². The number of rotatable bonds is 5. The van der Waals surface area contributed by atoms with Crippen LogP contribution in [0.25, 0.3) is 22.4 Å². The Hall–Kier alpha value is -4.73. The number of nitrogens with zero attached hydrogens (tertiary/aromatic N) is 7. The molecule has 0 aliphatic rings. The van der Waals surface area contributed by atoms with E-state index in [2.05, 4.69) is 30.3 Å². The van der Waals surface area contributed by atoms with Crippen LogP contribution >= 0.6 is 0 Å². The van der Waals surface area contributed by atoms with Gasteiger partial charge in [0.1, 0.15) is 17.0 Å². The van der Waals surface area contributed by atoms with Gasteiger partial charge in [-0.05, 0) is 30.3 Å². The summed E-state index contributed by atoms with van der Waals surface area (Å²) in [6, 6.07) is 19.4. The minimum Gasteiger partial charge on any atom is -0.382 e. The van der Waals surface area contributed by atoms with Crippen molar-refractivity contribution in [1.82, 2.24) is 24.7 Å². The maximum atomic E-state index is 14.8. The Kier molecular flexibility index (Phi) is 5.15. The second-order valence-electron chi connectivity index (χ2n) is 7.17. The van der Waals surface area contributed by atoms with Crippen LogP contribution in [0.5, 0.6) is 0 Å². The molecule has 5 rings (SSSR count). The van der Waals surface area contributed by atoms with Crippen molar-refractivity contribution in [3.8, 4) is 11.5 Å². The van der Waals surface area contributed by atoms with Gasteiger partial charge in [-0.2, -0.15) is 10.2 Å². The molecule has 0 fully saturated rings. The van der Waals surface area contributed by atoms with E-state index < -0.39 is 5.82 Å². The molecule has 0 unspecified atom stereocenters. The second kappa shape index (κ2) is 8.42. The molecule has 0 saturated heterocycles. The van der Waals surface area contributed by atoms with Gasteiger partial charge < -0.3 is 11.5 Å². The Bertz CT molecular complexity index is 1440. The van der Waals surface area contributed by atoms with Crippen LogP contribution in [0.4, 0.5) is 27.4 Å². The lowest BCUT2D eigenvalue weighted by Crippen LogP contribution is -2.05. The van der Waals surface area contributed by atoms with Gasteiger partial charge in [0.15, 0.2) is 23.1 Å². The van der Waals surface area contributed by atoms with Gasteiger partial charge in [-0.3, -0.25) is 9.67 Å². The Labute approximate surface area is 187 Å². The van der Waals surface area contributed by atoms with Gasteiger partial charge >= 0.3 is 0 Å². The molecular weight excluding hydrogens is 421 g/mol. The molecule has 2 aromatic carbocycles. The van der Waals surface area contributed by atoms with E-state index in [0.717, 1.165) is 5.69 Å². The van der Waals surface area contributed by atoms with E-state index in [1.807, 2.05) is 36.4 Å². The number of azo groups is 1. The highest BCUT2D eigenvalue weighted by molar-refractivity contribution is 5.92. The Morgan fingerprint density at radius 2 is 1.61 bits per heavy atom. The van der Waals surface area contributed by atoms with Gasteiger partial charge in [0.25, 0.3) is 0 Å². The highest BCUT2D eigenvalue weighted by Crippen LogP contribution is 2.33. The average Bonchev–Trinajstić information content (AvgIpc) is 3.19. The number of benzene rings is 2. The first-order valence-electron chi connectivity index (χ1n) is 10.1. The van der Waals surface area contributed by atoms with Crippen molar-refractivity contribution in [2.45, 2.75) is 6.54 Å². The number of halogens is 1. The molecule has 162 valence electrons. The summed E-state index contributed by atoms with van der Waals surface area (Å²) in [6.45, 7) is 0.270. The van der Waals surface area contributed by atoms with Crippen molar-refractivity contribution < 1.29 is 4.39 Å². The molecule has 0 aliphatic heterocycles. The summed E-state index contributed by atoms with van der Waals surface area (Å²) in [5, 5.41) is 13.3. The molecule has 0 atom stereocenters. The Balaban J connectivity index is 1.58.